The number of rotatable bonds is 8. The van der Waals surface area contributed by atoms with Crippen LogP contribution in [0.15, 0.2) is 30.3 Å². The van der Waals surface area contributed by atoms with Crippen LogP contribution in [0, 0.1) is 0 Å². The molecule has 0 bridgehead atoms. The van der Waals surface area contributed by atoms with Crippen molar-refractivity contribution in [3.8, 4) is 0 Å². The first kappa shape index (κ1) is 16.0. The van der Waals surface area contributed by atoms with E-state index in [1.165, 1.54) is 5.56 Å². The van der Waals surface area contributed by atoms with Crippen molar-refractivity contribution in [2.75, 3.05) is 19.6 Å². The Labute approximate surface area is 120 Å². The number of benzene rings is 1. The summed E-state index contributed by atoms with van der Waals surface area (Å²) in [5, 5.41) is 8.19. The van der Waals surface area contributed by atoms with Crippen molar-refractivity contribution in [1.82, 2.24) is 16.0 Å². The Morgan fingerprint density at radius 3 is 2.35 bits per heavy atom. The van der Waals surface area contributed by atoms with Gasteiger partial charge in [0.15, 0.2) is 0 Å². The van der Waals surface area contributed by atoms with Gasteiger partial charge < -0.3 is 16.0 Å². The minimum absolute atomic E-state index is 0.0311. The molecule has 0 fully saturated rings. The molecule has 3 N–H and O–H groups in total. The predicted octanol–water partition coefficient (Wildman–Crippen LogP) is 1.44. The first-order valence-electron chi connectivity index (χ1n) is 7.04. The van der Waals surface area contributed by atoms with Crippen LogP contribution in [0.2, 0.25) is 0 Å². The highest BCUT2D eigenvalue weighted by molar-refractivity contribution is 5.78. The van der Waals surface area contributed by atoms with Crippen molar-refractivity contribution in [3.63, 3.8) is 0 Å². The molecule has 3 amide bonds. The van der Waals surface area contributed by atoms with E-state index in [2.05, 4.69) is 16.0 Å². The van der Waals surface area contributed by atoms with Crippen LogP contribution in [0.4, 0.5) is 4.79 Å². The van der Waals surface area contributed by atoms with E-state index < -0.39 is 0 Å². The summed E-state index contributed by atoms with van der Waals surface area (Å²) in [4.78, 5) is 22.8. The van der Waals surface area contributed by atoms with Gasteiger partial charge in [0.2, 0.25) is 5.91 Å². The smallest absolute Gasteiger partial charge is 0.314 e. The Morgan fingerprint density at radius 2 is 1.65 bits per heavy atom. The Bertz CT molecular complexity index is 407. The van der Waals surface area contributed by atoms with Crippen molar-refractivity contribution in [3.05, 3.63) is 35.9 Å². The summed E-state index contributed by atoms with van der Waals surface area (Å²) in [7, 11) is 0. The number of carbonyl (C=O) groups excluding carboxylic acids is 2. The fourth-order valence-corrected chi connectivity index (χ4v) is 1.67. The first-order valence-corrected chi connectivity index (χ1v) is 7.04. The van der Waals surface area contributed by atoms with Gasteiger partial charge in [0.1, 0.15) is 0 Å². The third-order valence-electron chi connectivity index (χ3n) is 2.75. The van der Waals surface area contributed by atoms with E-state index in [0.29, 0.717) is 26.1 Å². The molecule has 0 aliphatic carbocycles. The van der Waals surface area contributed by atoms with Crippen LogP contribution in [-0.2, 0) is 11.2 Å². The second-order valence-electron chi connectivity index (χ2n) is 4.52. The first-order chi connectivity index (χ1) is 9.72. The number of urea groups is 1. The molecule has 0 aromatic heterocycles. The summed E-state index contributed by atoms with van der Waals surface area (Å²) in [5.74, 6) is -0.0311. The van der Waals surface area contributed by atoms with Crippen LogP contribution in [-0.4, -0.2) is 31.6 Å². The van der Waals surface area contributed by atoms with E-state index in [1.54, 1.807) is 0 Å². The number of hydrogen-bond donors (Lipinski definition) is 3. The van der Waals surface area contributed by atoms with Crippen molar-refractivity contribution >= 4 is 11.9 Å². The largest absolute Gasteiger partial charge is 0.356 e. The van der Waals surface area contributed by atoms with E-state index in [0.717, 1.165) is 12.8 Å². The maximum absolute atomic E-state index is 11.5. The van der Waals surface area contributed by atoms with Crippen molar-refractivity contribution in [2.45, 2.75) is 26.2 Å². The minimum atomic E-state index is -0.232. The molecule has 0 unspecified atom stereocenters. The molecule has 0 spiro atoms. The zero-order valence-corrected chi connectivity index (χ0v) is 11.9. The molecule has 0 radical (unpaired) electrons. The Kier molecular flexibility index (Phi) is 7.87. The average molecular weight is 277 g/mol. The summed E-state index contributed by atoms with van der Waals surface area (Å²) in [6.45, 7) is 3.62. The van der Waals surface area contributed by atoms with E-state index in [1.807, 2.05) is 37.3 Å². The van der Waals surface area contributed by atoms with Gasteiger partial charge in [0.25, 0.3) is 0 Å². The van der Waals surface area contributed by atoms with Gasteiger partial charge in [-0.25, -0.2) is 4.79 Å². The lowest BCUT2D eigenvalue weighted by atomic mass is 10.1. The molecule has 0 saturated heterocycles. The highest BCUT2D eigenvalue weighted by Crippen LogP contribution is 1.97. The minimum Gasteiger partial charge on any atom is -0.356 e. The molecular weight excluding hydrogens is 254 g/mol. The zero-order valence-electron chi connectivity index (χ0n) is 11.9. The number of nitrogens with one attached hydrogen (secondary N) is 3. The van der Waals surface area contributed by atoms with Crippen LogP contribution >= 0.6 is 0 Å². The molecule has 0 atom stereocenters. The average Bonchev–Trinajstić information content (AvgIpc) is 2.46. The summed E-state index contributed by atoms with van der Waals surface area (Å²) in [5.41, 5.74) is 1.19. The van der Waals surface area contributed by atoms with Gasteiger partial charge in [0, 0.05) is 26.1 Å². The Balaban J connectivity index is 2.04. The lowest BCUT2D eigenvalue weighted by Crippen LogP contribution is -2.38. The molecule has 0 heterocycles. The number of amides is 3. The van der Waals surface area contributed by atoms with E-state index in [-0.39, 0.29) is 11.9 Å². The van der Waals surface area contributed by atoms with E-state index in [9.17, 15) is 9.59 Å². The zero-order chi connectivity index (χ0) is 14.6. The lowest BCUT2D eigenvalue weighted by Gasteiger charge is -2.08. The summed E-state index contributed by atoms with van der Waals surface area (Å²) >= 11 is 0. The Morgan fingerprint density at radius 1 is 0.950 bits per heavy atom. The normalized spacial score (nSPS) is 9.85. The third-order valence-corrected chi connectivity index (χ3v) is 2.75. The molecule has 5 nitrogen and oxygen atoms in total. The molecule has 110 valence electrons. The molecule has 5 heteroatoms. The molecular formula is C15H23N3O2. The van der Waals surface area contributed by atoms with Crippen LogP contribution < -0.4 is 16.0 Å². The lowest BCUT2D eigenvalue weighted by molar-refractivity contribution is -0.120. The van der Waals surface area contributed by atoms with Gasteiger partial charge in [-0.1, -0.05) is 37.3 Å². The highest BCUT2D eigenvalue weighted by atomic mass is 16.2. The van der Waals surface area contributed by atoms with E-state index in [4.69, 9.17) is 0 Å². The van der Waals surface area contributed by atoms with Crippen molar-refractivity contribution in [1.29, 1.82) is 0 Å². The molecule has 0 saturated carbocycles. The fraction of sp³-hybridized carbons (Fsp3) is 0.467. The molecule has 0 aliphatic rings. The molecule has 1 rings (SSSR count). The summed E-state index contributed by atoms with van der Waals surface area (Å²) < 4.78 is 0. The topological polar surface area (TPSA) is 70.2 Å². The third kappa shape index (κ3) is 7.41. The quantitative estimate of drug-likeness (QED) is 0.673. The van der Waals surface area contributed by atoms with Crippen molar-refractivity contribution < 1.29 is 9.59 Å². The van der Waals surface area contributed by atoms with Crippen LogP contribution in [0.1, 0.15) is 25.3 Å². The predicted molar refractivity (Wildman–Crippen MR) is 79.5 cm³/mol. The standard InChI is InChI=1S/C15H23N3O2/c1-2-10-16-14(19)9-12-18-15(20)17-11-8-13-6-4-3-5-7-13/h3-7H,2,8-12H2,1H3,(H,16,19)(H2,17,18,20). The van der Waals surface area contributed by atoms with Crippen LogP contribution in [0.5, 0.6) is 0 Å². The van der Waals surface area contributed by atoms with Gasteiger partial charge >= 0.3 is 6.03 Å². The molecule has 0 aliphatic heterocycles. The van der Waals surface area contributed by atoms with Crippen molar-refractivity contribution in [2.24, 2.45) is 0 Å². The number of carbonyl (C=O) groups is 2. The Hall–Kier alpha value is -2.04. The highest BCUT2D eigenvalue weighted by Gasteiger charge is 2.02. The van der Waals surface area contributed by atoms with Gasteiger partial charge in [0.05, 0.1) is 0 Å². The molecule has 20 heavy (non-hydrogen) atoms. The fourth-order valence-electron chi connectivity index (χ4n) is 1.67. The van der Waals surface area contributed by atoms with Crippen LogP contribution in [0.25, 0.3) is 0 Å². The van der Waals surface area contributed by atoms with Gasteiger partial charge in [-0.05, 0) is 18.4 Å². The molecule has 1 aromatic carbocycles. The van der Waals surface area contributed by atoms with E-state index >= 15 is 0 Å². The second-order valence-corrected chi connectivity index (χ2v) is 4.52. The van der Waals surface area contributed by atoms with Gasteiger partial charge in [-0.3, -0.25) is 4.79 Å². The van der Waals surface area contributed by atoms with Gasteiger partial charge in [-0.2, -0.15) is 0 Å². The van der Waals surface area contributed by atoms with Gasteiger partial charge in [-0.15, -0.1) is 0 Å². The SMILES string of the molecule is CCCNC(=O)CCNC(=O)NCCc1ccccc1. The maximum Gasteiger partial charge on any atom is 0.314 e. The molecule has 1 aromatic rings. The summed E-state index contributed by atoms with van der Waals surface area (Å²) in [6, 6.07) is 9.74. The van der Waals surface area contributed by atoms with Crippen LogP contribution in [0.3, 0.4) is 0 Å². The monoisotopic (exact) mass is 277 g/mol. The summed E-state index contributed by atoms with van der Waals surface area (Å²) in [6.07, 6.45) is 2.02. The maximum atomic E-state index is 11.5. The number of hydrogen-bond acceptors (Lipinski definition) is 2. The second kappa shape index (κ2) is 9.83.